The van der Waals surface area contributed by atoms with Gasteiger partial charge in [0.25, 0.3) is 0 Å². The molecule has 0 aliphatic rings. The van der Waals surface area contributed by atoms with Crippen molar-refractivity contribution < 1.29 is 34.2 Å². The lowest BCUT2D eigenvalue weighted by Gasteiger charge is -2.27. The van der Waals surface area contributed by atoms with Crippen molar-refractivity contribution in [3.8, 4) is 0 Å². The number of carboxylic acids is 2. The number of aromatic amines is 1. The predicted octanol–water partition coefficient (Wildman–Crippen LogP) is -0.224. The number of nitrogens with one attached hydrogen (secondary N) is 4. The zero-order valence-corrected chi connectivity index (χ0v) is 21.1. The van der Waals surface area contributed by atoms with Crippen LogP contribution in [-0.4, -0.2) is 74.0 Å². The van der Waals surface area contributed by atoms with Gasteiger partial charge >= 0.3 is 11.9 Å². The fourth-order valence-electron chi connectivity index (χ4n) is 3.43. The highest BCUT2D eigenvalue weighted by molar-refractivity contribution is 5.94. The second-order valence-corrected chi connectivity index (χ2v) is 9.28. The van der Waals surface area contributed by atoms with E-state index in [1.807, 2.05) is 13.8 Å². The number of nitrogens with two attached hydrogens (primary N) is 1. The first kappa shape index (κ1) is 30.6. The number of amides is 3. The van der Waals surface area contributed by atoms with Crippen LogP contribution < -0.4 is 21.7 Å². The molecule has 202 valence electrons. The fourth-order valence-corrected chi connectivity index (χ4v) is 3.43. The van der Waals surface area contributed by atoms with Crippen LogP contribution in [0, 0.1) is 11.8 Å². The molecular weight excluding hydrogens is 472 g/mol. The number of hydrogen-bond acceptors (Lipinski definition) is 7. The van der Waals surface area contributed by atoms with Gasteiger partial charge in [0.15, 0.2) is 0 Å². The molecule has 0 aromatic carbocycles. The van der Waals surface area contributed by atoms with Gasteiger partial charge in [0.05, 0.1) is 12.4 Å². The summed E-state index contributed by atoms with van der Waals surface area (Å²) in [6.07, 6.45) is 3.23. The summed E-state index contributed by atoms with van der Waals surface area (Å²) < 4.78 is 0. The van der Waals surface area contributed by atoms with E-state index in [-0.39, 0.29) is 37.5 Å². The number of carbonyl (C=O) groups excluding carboxylic acids is 3. The number of carbonyl (C=O) groups is 5. The Morgan fingerprint density at radius 3 is 2.11 bits per heavy atom. The summed E-state index contributed by atoms with van der Waals surface area (Å²) in [6, 6.07) is -4.48. The molecule has 0 aliphatic heterocycles. The van der Waals surface area contributed by atoms with Gasteiger partial charge in [0, 0.05) is 24.7 Å². The molecule has 5 atom stereocenters. The zero-order chi connectivity index (χ0) is 27.4. The van der Waals surface area contributed by atoms with Crippen LogP contribution in [0.4, 0.5) is 0 Å². The SMILES string of the molecule is CCC(C)C(NC(=O)C(Cc1cnc[nH]1)NC(=O)C(CC(C)C)NC(=O)C(N)CCC(=O)O)C(=O)O. The van der Waals surface area contributed by atoms with Gasteiger partial charge in [-0.25, -0.2) is 9.78 Å². The number of nitrogens with zero attached hydrogens (tertiary/aromatic N) is 1. The summed E-state index contributed by atoms with van der Waals surface area (Å²) in [5, 5.41) is 26.0. The minimum atomic E-state index is -1.19. The van der Waals surface area contributed by atoms with E-state index in [1.54, 1.807) is 13.8 Å². The van der Waals surface area contributed by atoms with Crippen LogP contribution >= 0.6 is 0 Å². The number of carboxylic acid groups (broad SMARTS) is 2. The first-order valence-corrected chi connectivity index (χ1v) is 11.9. The van der Waals surface area contributed by atoms with E-state index >= 15 is 0 Å². The highest BCUT2D eigenvalue weighted by Crippen LogP contribution is 2.11. The number of rotatable bonds is 16. The topological polar surface area (TPSA) is 217 Å². The number of aromatic nitrogens is 2. The summed E-state index contributed by atoms with van der Waals surface area (Å²) in [5.74, 6) is -4.69. The van der Waals surface area contributed by atoms with Crippen molar-refractivity contribution in [2.45, 2.75) is 84.0 Å². The van der Waals surface area contributed by atoms with Crippen molar-refractivity contribution in [2.75, 3.05) is 0 Å². The van der Waals surface area contributed by atoms with Crippen LogP contribution in [0.2, 0.25) is 0 Å². The Hall–Kier alpha value is -3.48. The summed E-state index contributed by atoms with van der Waals surface area (Å²) in [7, 11) is 0. The molecule has 0 bridgehead atoms. The maximum Gasteiger partial charge on any atom is 0.326 e. The van der Waals surface area contributed by atoms with Gasteiger partial charge in [-0.2, -0.15) is 0 Å². The van der Waals surface area contributed by atoms with Gasteiger partial charge in [0.1, 0.15) is 18.1 Å². The van der Waals surface area contributed by atoms with Crippen LogP contribution in [0.5, 0.6) is 0 Å². The molecule has 13 nitrogen and oxygen atoms in total. The summed E-state index contributed by atoms with van der Waals surface area (Å²) >= 11 is 0. The minimum Gasteiger partial charge on any atom is -0.481 e. The Labute approximate surface area is 210 Å². The first-order valence-electron chi connectivity index (χ1n) is 11.9. The molecule has 13 heteroatoms. The molecule has 0 aliphatic carbocycles. The summed E-state index contributed by atoms with van der Waals surface area (Å²) in [6.45, 7) is 7.19. The van der Waals surface area contributed by atoms with Crippen molar-refractivity contribution in [1.29, 1.82) is 0 Å². The fraction of sp³-hybridized carbons (Fsp3) is 0.652. The van der Waals surface area contributed by atoms with Crippen LogP contribution in [0.1, 0.15) is 59.1 Å². The van der Waals surface area contributed by atoms with E-state index in [2.05, 4.69) is 25.9 Å². The molecule has 1 rings (SSSR count). The molecule has 0 saturated heterocycles. The average molecular weight is 511 g/mol. The summed E-state index contributed by atoms with van der Waals surface area (Å²) in [4.78, 5) is 67.9. The molecule has 0 saturated carbocycles. The Morgan fingerprint density at radius 1 is 1.00 bits per heavy atom. The maximum absolute atomic E-state index is 13.2. The van der Waals surface area contributed by atoms with Crippen LogP contribution in [0.15, 0.2) is 12.5 Å². The van der Waals surface area contributed by atoms with E-state index < -0.39 is 53.8 Å². The Kier molecular flexibility index (Phi) is 12.6. The lowest BCUT2D eigenvalue weighted by molar-refractivity contribution is -0.144. The van der Waals surface area contributed by atoms with E-state index in [4.69, 9.17) is 10.8 Å². The summed E-state index contributed by atoms with van der Waals surface area (Å²) in [5.41, 5.74) is 6.30. The molecule has 5 unspecified atom stereocenters. The van der Waals surface area contributed by atoms with Crippen molar-refractivity contribution in [3.05, 3.63) is 18.2 Å². The minimum absolute atomic E-state index is 0.00485. The van der Waals surface area contributed by atoms with Crippen molar-refractivity contribution in [1.82, 2.24) is 25.9 Å². The van der Waals surface area contributed by atoms with Crippen molar-refractivity contribution >= 4 is 29.7 Å². The lowest BCUT2D eigenvalue weighted by atomic mass is 9.98. The lowest BCUT2D eigenvalue weighted by Crippen LogP contribution is -2.58. The highest BCUT2D eigenvalue weighted by Gasteiger charge is 2.32. The molecule has 1 aromatic heterocycles. The van der Waals surface area contributed by atoms with Crippen LogP contribution in [0.25, 0.3) is 0 Å². The maximum atomic E-state index is 13.2. The van der Waals surface area contributed by atoms with E-state index in [0.29, 0.717) is 12.1 Å². The van der Waals surface area contributed by atoms with Gasteiger partial charge in [-0.15, -0.1) is 0 Å². The van der Waals surface area contributed by atoms with Crippen molar-refractivity contribution in [3.63, 3.8) is 0 Å². The van der Waals surface area contributed by atoms with E-state index in [0.717, 1.165) is 0 Å². The molecule has 36 heavy (non-hydrogen) atoms. The normalized spacial score (nSPS) is 15.3. The number of aliphatic carboxylic acids is 2. The van der Waals surface area contributed by atoms with Gasteiger partial charge in [-0.05, 0) is 24.7 Å². The number of hydrogen-bond donors (Lipinski definition) is 7. The number of imidazole rings is 1. The quantitative estimate of drug-likeness (QED) is 0.156. The molecular formula is C23H38N6O7. The highest BCUT2D eigenvalue weighted by atomic mass is 16.4. The molecule has 3 amide bonds. The molecule has 1 heterocycles. The Bertz CT molecular complexity index is 890. The molecule has 1 aromatic rings. The van der Waals surface area contributed by atoms with Gasteiger partial charge in [-0.3, -0.25) is 19.2 Å². The van der Waals surface area contributed by atoms with E-state index in [9.17, 15) is 29.1 Å². The third-order valence-electron chi connectivity index (χ3n) is 5.73. The second-order valence-electron chi connectivity index (χ2n) is 9.28. The molecule has 8 N–H and O–H groups in total. The second kappa shape index (κ2) is 14.8. The largest absolute Gasteiger partial charge is 0.481 e. The van der Waals surface area contributed by atoms with Gasteiger partial charge in [-0.1, -0.05) is 34.1 Å². The third kappa shape index (κ3) is 10.4. The Balaban J connectivity index is 3.06. The molecule has 0 spiro atoms. The molecule has 0 radical (unpaired) electrons. The zero-order valence-electron chi connectivity index (χ0n) is 21.1. The first-order chi connectivity index (χ1) is 16.8. The predicted molar refractivity (Wildman–Crippen MR) is 129 cm³/mol. The Morgan fingerprint density at radius 2 is 1.61 bits per heavy atom. The van der Waals surface area contributed by atoms with Crippen LogP contribution in [0.3, 0.4) is 0 Å². The van der Waals surface area contributed by atoms with Gasteiger partial charge < -0.3 is 36.9 Å². The van der Waals surface area contributed by atoms with Gasteiger partial charge in [0.2, 0.25) is 17.7 Å². The average Bonchev–Trinajstić information content (AvgIpc) is 3.31. The number of H-pyrrole nitrogens is 1. The van der Waals surface area contributed by atoms with Crippen molar-refractivity contribution in [2.24, 2.45) is 17.6 Å². The smallest absolute Gasteiger partial charge is 0.326 e. The van der Waals surface area contributed by atoms with E-state index in [1.165, 1.54) is 12.5 Å². The third-order valence-corrected chi connectivity index (χ3v) is 5.73. The standard InChI is InChI=1S/C23H38N6O7/c1-5-13(4)19(23(35)36)29-22(34)17(9-14-10-25-11-26-14)28-21(33)16(8-12(2)3)27-20(32)15(24)6-7-18(30)31/h10-13,15-17,19H,5-9,24H2,1-4H3,(H,25,26)(H,27,32)(H,28,33)(H,29,34)(H,30,31)(H,35,36). The molecule has 0 fully saturated rings. The van der Waals surface area contributed by atoms with Crippen LogP contribution in [-0.2, 0) is 30.4 Å². The monoisotopic (exact) mass is 510 g/mol.